The molecule has 4 heterocycles. The van der Waals surface area contributed by atoms with Gasteiger partial charge in [0.15, 0.2) is 5.82 Å². The van der Waals surface area contributed by atoms with Crippen LogP contribution in [0.25, 0.3) is 10.4 Å². The van der Waals surface area contributed by atoms with Crippen molar-refractivity contribution in [3.8, 4) is 16.2 Å². The Balaban J connectivity index is 0.713. The number of ether oxygens (including phenoxy) is 5. The van der Waals surface area contributed by atoms with Gasteiger partial charge >= 0.3 is 0 Å². The first-order valence-electron chi connectivity index (χ1n) is 27.1. The number of aliphatic hydroxyl groups excluding tert-OH is 1. The standard InChI is InChI=1S/C57H76ClN10O11PS/c1-38-51(81-37-61-38)40-14-12-39(13-15-40)34-59-54(72)46-33-42(69)36-68(46)55(73)52(57(2,3)4)64-49(70)18-24-76-26-28-78-30-31-79-29-27-77-25-19-50(71)67-22-20-66(21-23-67)41-16-17-44(47(32-41)75-5)63-56-60-35-43(58)53(65-56)62-45-10-8-9-11-48(45)80(6,7)74/h8-17,32,35,37,42,46,52,69H,18-31,33-34,36H2,1-7H3,(H,59,72)(H,64,70)(H2,60,62,63,65)/t42-,46+,52-/m1/s1. The minimum absolute atomic E-state index is 0.0117. The monoisotopic (exact) mass is 1170 g/mol. The van der Waals surface area contributed by atoms with Gasteiger partial charge in [-0.05, 0) is 61.1 Å². The van der Waals surface area contributed by atoms with Crippen LogP contribution < -0.4 is 36.2 Å². The number of methoxy groups -OCH3 is 1. The van der Waals surface area contributed by atoms with E-state index in [1.165, 1.54) is 11.1 Å². The lowest BCUT2D eigenvalue weighted by molar-refractivity contribution is -0.144. The number of likely N-dealkylation sites (tertiary alicyclic amines) is 1. The summed E-state index contributed by atoms with van der Waals surface area (Å²) in [6.07, 6.45) is 0.991. The van der Waals surface area contributed by atoms with Gasteiger partial charge in [-0.2, -0.15) is 4.98 Å². The molecule has 24 heteroatoms. The van der Waals surface area contributed by atoms with Gasteiger partial charge in [0.25, 0.3) is 0 Å². The number of hydrogen-bond acceptors (Lipinski definition) is 18. The molecule has 4 amide bonds. The molecule has 0 aliphatic carbocycles. The summed E-state index contributed by atoms with van der Waals surface area (Å²) in [6.45, 7) is 15.9. The molecular weight excluding hydrogens is 1100 g/mol. The summed E-state index contributed by atoms with van der Waals surface area (Å²) in [7, 11) is -0.989. The van der Waals surface area contributed by atoms with Crippen LogP contribution in [0.5, 0.6) is 5.75 Å². The van der Waals surface area contributed by atoms with Crippen LogP contribution in [0.15, 0.2) is 78.4 Å². The van der Waals surface area contributed by atoms with Crippen LogP contribution >= 0.6 is 30.1 Å². The third kappa shape index (κ3) is 18.1. The number of nitrogens with one attached hydrogen (secondary N) is 4. The number of benzene rings is 3. The predicted octanol–water partition coefficient (Wildman–Crippen LogP) is 6.61. The minimum Gasteiger partial charge on any atom is -0.494 e. The number of halogens is 1. The van der Waals surface area contributed by atoms with E-state index in [1.807, 2.05) is 105 Å². The normalized spacial score (nSPS) is 16.0. The molecule has 438 valence electrons. The van der Waals surface area contributed by atoms with E-state index in [2.05, 4.69) is 41.1 Å². The number of piperazine rings is 1. The maximum Gasteiger partial charge on any atom is 0.246 e. The third-order valence-electron chi connectivity index (χ3n) is 13.7. The Kier molecular flexibility index (Phi) is 22.8. The van der Waals surface area contributed by atoms with Crippen LogP contribution in [-0.2, 0) is 49.2 Å². The molecule has 7 rings (SSSR count). The summed E-state index contributed by atoms with van der Waals surface area (Å²) in [6, 6.07) is 19.2. The number of carbonyl (C=O) groups excluding carboxylic acids is 4. The van der Waals surface area contributed by atoms with E-state index in [1.54, 1.807) is 31.8 Å². The van der Waals surface area contributed by atoms with Crippen molar-refractivity contribution in [2.75, 3.05) is 122 Å². The molecule has 5 aromatic rings. The molecule has 2 aliphatic rings. The van der Waals surface area contributed by atoms with Crippen LogP contribution in [0.3, 0.4) is 0 Å². The third-order valence-corrected chi connectivity index (χ3v) is 16.5. The molecular formula is C57H76ClN10O11PS. The van der Waals surface area contributed by atoms with Crippen molar-refractivity contribution < 1.29 is 52.5 Å². The van der Waals surface area contributed by atoms with Gasteiger partial charge in [0.1, 0.15) is 30.0 Å². The molecule has 0 spiro atoms. The Morgan fingerprint density at radius 3 is 2.12 bits per heavy atom. The van der Waals surface area contributed by atoms with Crippen LogP contribution in [0.2, 0.25) is 5.02 Å². The van der Waals surface area contributed by atoms with E-state index in [9.17, 15) is 28.8 Å². The molecule has 0 saturated carbocycles. The van der Waals surface area contributed by atoms with Crippen LogP contribution in [0.4, 0.5) is 28.8 Å². The van der Waals surface area contributed by atoms with Crippen LogP contribution in [-0.4, -0.2) is 178 Å². The molecule has 0 bridgehead atoms. The van der Waals surface area contributed by atoms with Crippen molar-refractivity contribution >= 4 is 87.8 Å². The molecule has 2 aromatic heterocycles. The second kappa shape index (κ2) is 29.7. The number of hydrogen-bond donors (Lipinski definition) is 5. The number of rotatable bonds is 28. The molecule has 21 nitrogen and oxygen atoms in total. The highest BCUT2D eigenvalue weighted by atomic mass is 35.5. The maximum absolute atomic E-state index is 14.0. The SMILES string of the molecule is COc1cc(N2CCN(C(=O)CCOCCOCCOCCOCCC(=O)N[C@H](C(=O)N3C[C@H](O)C[C@H]3C(=O)NCc3ccc(-c4scnc4C)cc3)C(C)(C)C)CC2)ccc1Nc1ncc(Cl)c(Nc2ccccc2P(C)(C)=O)n1. The number of aryl methyl sites for hydroxylation is 1. The van der Waals surface area contributed by atoms with Gasteiger partial charge in [0.05, 0.1) is 106 Å². The van der Waals surface area contributed by atoms with Gasteiger partial charge in [-0.25, -0.2) is 9.97 Å². The second-order valence-electron chi connectivity index (χ2n) is 21.2. The highest BCUT2D eigenvalue weighted by Gasteiger charge is 2.44. The van der Waals surface area contributed by atoms with Crippen molar-refractivity contribution in [2.24, 2.45) is 5.41 Å². The Hall–Kier alpha value is -6.23. The van der Waals surface area contributed by atoms with E-state index in [0.29, 0.717) is 92.5 Å². The van der Waals surface area contributed by atoms with Crippen molar-refractivity contribution in [1.82, 2.24) is 35.4 Å². The molecule has 2 fully saturated rings. The molecule has 81 heavy (non-hydrogen) atoms. The Bertz CT molecular complexity index is 2950. The number of aromatic nitrogens is 3. The molecule has 3 aromatic carbocycles. The fraction of sp³-hybridized carbons (Fsp3) is 0.491. The lowest BCUT2D eigenvalue weighted by Gasteiger charge is -2.36. The van der Waals surface area contributed by atoms with E-state index in [4.69, 9.17) is 35.3 Å². The molecule has 3 atom stereocenters. The molecule has 2 aliphatic heterocycles. The number of nitrogens with zero attached hydrogens (tertiary/aromatic N) is 6. The van der Waals surface area contributed by atoms with Gasteiger partial charge in [-0.1, -0.05) is 68.8 Å². The average molecular weight is 1180 g/mol. The van der Waals surface area contributed by atoms with Crippen molar-refractivity contribution in [3.63, 3.8) is 0 Å². The van der Waals surface area contributed by atoms with Crippen molar-refractivity contribution in [1.29, 1.82) is 0 Å². The summed E-state index contributed by atoms with van der Waals surface area (Å²) in [5, 5.41) is 23.8. The lowest BCUT2D eigenvalue weighted by Crippen LogP contribution is -2.57. The Morgan fingerprint density at radius 1 is 0.840 bits per heavy atom. The van der Waals surface area contributed by atoms with E-state index in [-0.39, 0.29) is 75.8 Å². The van der Waals surface area contributed by atoms with E-state index < -0.39 is 36.7 Å². The van der Waals surface area contributed by atoms with E-state index >= 15 is 0 Å². The average Bonchev–Trinajstić information content (AvgIpc) is 4.29. The van der Waals surface area contributed by atoms with Gasteiger partial charge in [-0.15, -0.1) is 11.3 Å². The summed E-state index contributed by atoms with van der Waals surface area (Å²) in [5.74, 6) is 0.0824. The van der Waals surface area contributed by atoms with Gasteiger partial charge in [0, 0.05) is 69.2 Å². The number of carbonyl (C=O) groups is 4. The number of anilines is 5. The fourth-order valence-corrected chi connectivity index (χ4v) is 11.4. The summed E-state index contributed by atoms with van der Waals surface area (Å²) < 4.78 is 41.2. The predicted molar refractivity (Wildman–Crippen MR) is 315 cm³/mol. The highest BCUT2D eigenvalue weighted by molar-refractivity contribution is 7.70. The second-order valence-corrected chi connectivity index (χ2v) is 25.6. The molecule has 5 N–H and O–H groups in total. The first kappa shape index (κ1) is 62.4. The number of aliphatic hydroxyl groups is 1. The Labute approximate surface area is 483 Å². The zero-order valence-corrected chi connectivity index (χ0v) is 49.7. The minimum atomic E-state index is -2.58. The van der Waals surface area contributed by atoms with Crippen molar-refractivity contribution in [3.05, 3.63) is 94.7 Å². The summed E-state index contributed by atoms with van der Waals surface area (Å²) >= 11 is 8.03. The first-order chi connectivity index (χ1) is 38.8. The molecule has 2 saturated heterocycles. The van der Waals surface area contributed by atoms with Gasteiger partial charge in [-0.3, -0.25) is 19.2 Å². The number of thiazole rings is 1. The largest absolute Gasteiger partial charge is 0.494 e. The lowest BCUT2D eigenvalue weighted by atomic mass is 9.85. The summed E-state index contributed by atoms with van der Waals surface area (Å²) in [4.78, 5) is 73.3. The smallest absolute Gasteiger partial charge is 0.246 e. The van der Waals surface area contributed by atoms with Gasteiger partial charge < -0.3 is 69.3 Å². The zero-order chi connectivity index (χ0) is 58.1. The molecule has 0 unspecified atom stereocenters. The van der Waals surface area contributed by atoms with Crippen molar-refractivity contribution in [2.45, 2.75) is 71.7 Å². The maximum atomic E-state index is 14.0. The number of amides is 4. The highest BCUT2D eigenvalue weighted by Crippen LogP contribution is 2.39. The fourth-order valence-electron chi connectivity index (χ4n) is 9.26. The number of β-amino-alcohol motifs (C(OH)–C–C–N with tert-alkyl or cyclic N) is 1. The van der Waals surface area contributed by atoms with Crippen LogP contribution in [0, 0.1) is 12.3 Å². The van der Waals surface area contributed by atoms with Crippen LogP contribution in [0.1, 0.15) is 51.3 Å². The van der Waals surface area contributed by atoms with E-state index in [0.717, 1.165) is 27.4 Å². The zero-order valence-electron chi connectivity index (χ0n) is 47.2. The number of para-hydroxylation sites is 1. The quantitative estimate of drug-likeness (QED) is 0.0261. The van der Waals surface area contributed by atoms with Gasteiger partial charge in [0.2, 0.25) is 29.6 Å². The molecule has 0 radical (unpaired) electrons. The topological polar surface area (TPSA) is 248 Å². The Morgan fingerprint density at radius 2 is 1.49 bits per heavy atom. The summed E-state index contributed by atoms with van der Waals surface area (Å²) in [5.41, 5.74) is 6.27. The first-order valence-corrected chi connectivity index (χ1v) is 30.9.